The molecule has 2 aromatic heterocycles. The number of esters is 1. The largest absolute Gasteiger partial charge is 0.458 e. The maximum absolute atomic E-state index is 12.4. The molecule has 1 spiro atoms. The zero-order chi connectivity index (χ0) is 24.7. The molecule has 0 radical (unpaired) electrons. The zero-order valence-corrected chi connectivity index (χ0v) is 19.5. The van der Waals surface area contributed by atoms with E-state index in [2.05, 4.69) is 30.8 Å². The number of ether oxygens (including phenoxy) is 1. The van der Waals surface area contributed by atoms with Crippen molar-refractivity contribution in [1.82, 2.24) is 20.2 Å². The summed E-state index contributed by atoms with van der Waals surface area (Å²) in [5, 5.41) is 24.3. The van der Waals surface area contributed by atoms with E-state index in [4.69, 9.17) is 9.15 Å². The number of aromatic nitrogens is 4. The second-order valence-electron chi connectivity index (χ2n) is 9.08. The highest BCUT2D eigenvalue weighted by Gasteiger charge is 2.55. The fourth-order valence-corrected chi connectivity index (χ4v) is 4.79. The quantitative estimate of drug-likeness (QED) is 0.330. The number of fused-ring (bicyclic) bond motifs is 2. The highest BCUT2D eigenvalue weighted by molar-refractivity contribution is 5.94. The molecule has 1 saturated carbocycles. The molecule has 2 atom stereocenters. The average Bonchev–Trinajstić information content (AvgIpc) is 3.53. The minimum atomic E-state index is -0.415. The van der Waals surface area contributed by atoms with Crippen LogP contribution in [0.15, 0.2) is 65.5 Å². The highest BCUT2D eigenvalue weighted by atomic mass is 16.5. The summed E-state index contributed by atoms with van der Waals surface area (Å²) in [5.74, 6) is 0.727. The SMILES string of the molecule is CC1OC(=O)c2ccc(Nc3ncc(-c4nnco4)c(N[C@H](CO)c4ccccc4)n3)cc2C12CC2. The third kappa shape index (κ3) is 3.85. The molecule has 1 fully saturated rings. The van der Waals surface area contributed by atoms with Gasteiger partial charge in [-0.1, -0.05) is 30.3 Å². The number of aliphatic hydroxyl groups is 1. The number of cyclic esters (lactones) is 1. The normalized spacial score (nSPS) is 18.3. The first kappa shape index (κ1) is 22.2. The Morgan fingerprint density at radius 2 is 2.00 bits per heavy atom. The van der Waals surface area contributed by atoms with Gasteiger partial charge in [-0.05, 0) is 49.1 Å². The Hall–Kier alpha value is -4.31. The number of aliphatic hydroxyl groups excluding tert-OH is 1. The number of benzene rings is 2. The van der Waals surface area contributed by atoms with Gasteiger partial charge >= 0.3 is 5.97 Å². The molecule has 3 N–H and O–H groups in total. The Balaban J connectivity index is 1.34. The minimum absolute atomic E-state index is 0.111. The van der Waals surface area contributed by atoms with E-state index in [0.29, 0.717) is 22.9 Å². The van der Waals surface area contributed by atoms with E-state index >= 15 is 0 Å². The summed E-state index contributed by atoms with van der Waals surface area (Å²) in [4.78, 5) is 21.5. The van der Waals surface area contributed by atoms with E-state index in [-0.39, 0.29) is 30.0 Å². The van der Waals surface area contributed by atoms with Crippen molar-refractivity contribution in [3.05, 3.63) is 77.8 Å². The second kappa shape index (κ2) is 8.72. The number of nitrogens with one attached hydrogen (secondary N) is 2. The summed E-state index contributed by atoms with van der Waals surface area (Å²) >= 11 is 0. The maximum Gasteiger partial charge on any atom is 0.338 e. The number of anilines is 3. The van der Waals surface area contributed by atoms with Crippen molar-refractivity contribution in [2.75, 3.05) is 17.2 Å². The van der Waals surface area contributed by atoms with Gasteiger partial charge in [-0.3, -0.25) is 0 Å². The number of hydrogen-bond acceptors (Lipinski definition) is 10. The first-order valence-electron chi connectivity index (χ1n) is 11.8. The van der Waals surface area contributed by atoms with Gasteiger partial charge in [-0.15, -0.1) is 10.2 Å². The van der Waals surface area contributed by atoms with Crippen molar-refractivity contribution in [3.8, 4) is 11.5 Å². The Morgan fingerprint density at radius 3 is 2.72 bits per heavy atom. The maximum atomic E-state index is 12.4. The first-order chi connectivity index (χ1) is 17.6. The van der Waals surface area contributed by atoms with Crippen LogP contribution in [-0.4, -0.2) is 44.0 Å². The number of rotatable bonds is 7. The lowest BCUT2D eigenvalue weighted by Gasteiger charge is -2.31. The van der Waals surface area contributed by atoms with E-state index in [0.717, 1.165) is 29.7 Å². The van der Waals surface area contributed by atoms with Crippen LogP contribution in [0.4, 0.5) is 17.5 Å². The molecular formula is C26H24N6O4. The van der Waals surface area contributed by atoms with Crippen molar-refractivity contribution >= 4 is 23.4 Å². The van der Waals surface area contributed by atoms with Crippen LogP contribution in [0, 0.1) is 0 Å². The van der Waals surface area contributed by atoms with Gasteiger partial charge in [0.2, 0.25) is 12.3 Å². The molecule has 0 amide bonds. The molecule has 0 bridgehead atoms. The van der Waals surface area contributed by atoms with Crippen molar-refractivity contribution in [3.63, 3.8) is 0 Å². The second-order valence-corrected chi connectivity index (χ2v) is 9.08. The van der Waals surface area contributed by atoms with Crippen LogP contribution >= 0.6 is 0 Å². The summed E-state index contributed by atoms with van der Waals surface area (Å²) in [5.41, 5.74) is 3.67. The molecule has 4 aromatic rings. The lowest BCUT2D eigenvalue weighted by molar-refractivity contribution is 0.0191. The molecule has 6 rings (SSSR count). The van der Waals surface area contributed by atoms with Crippen LogP contribution in [0.2, 0.25) is 0 Å². The zero-order valence-electron chi connectivity index (χ0n) is 19.5. The highest BCUT2D eigenvalue weighted by Crippen LogP contribution is 2.55. The molecular weight excluding hydrogens is 460 g/mol. The summed E-state index contributed by atoms with van der Waals surface area (Å²) in [7, 11) is 0. The van der Waals surface area contributed by atoms with Gasteiger partial charge < -0.3 is 24.9 Å². The molecule has 1 unspecified atom stereocenters. The van der Waals surface area contributed by atoms with E-state index < -0.39 is 6.04 Å². The first-order valence-corrected chi connectivity index (χ1v) is 11.8. The summed E-state index contributed by atoms with van der Waals surface area (Å²) in [6, 6.07) is 14.8. The molecule has 1 aliphatic carbocycles. The molecule has 3 heterocycles. The fourth-order valence-electron chi connectivity index (χ4n) is 4.79. The predicted molar refractivity (Wildman–Crippen MR) is 131 cm³/mol. The minimum Gasteiger partial charge on any atom is -0.458 e. The molecule has 0 saturated heterocycles. The van der Waals surface area contributed by atoms with Gasteiger partial charge in [-0.2, -0.15) is 4.98 Å². The Morgan fingerprint density at radius 1 is 1.17 bits per heavy atom. The summed E-state index contributed by atoms with van der Waals surface area (Å²) < 4.78 is 10.9. The topological polar surface area (TPSA) is 135 Å². The van der Waals surface area contributed by atoms with E-state index in [1.165, 1.54) is 6.39 Å². The number of hydrogen-bond donors (Lipinski definition) is 3. The van der Waals surface area contributed by atoms with E-state index in [1.54, 1.807) is 12.3 Å². The monoisotopic (exact) mass is 484 g/mol. The molecule has 182 valence electrons. The van der Waals surface area contributed by atoms with E-state index in [1.807, 2.05) is 49.4 Å². The van der Waals surface area contributed by atoms with Crippen LogP contribution < -0.4 is 10.6 Å². The Labute approximate surface area is 206 Å². The molecule has 1 aliphatic heterocycles. The predicted octanol–water partition coefficient (Wildman–Crippen LogP) is 4.01. The van der Waals surface area contributed by atoms with E-state index in [9.17, 15) is 9.90 Å². The van der Waals surface area contributed by atoms with Crippen molar-refractivity contribution in [2.45, 2.75) is 37.3 Å². The van der Waals surface area contributed by atoms with Crippen LogP contribution in [0.25, 0.3) is 11.5 Å². The molecule has 36 heavy (non-hydrogen) atoms. The standard InChI is InChI=1S/C26H24N6O4/c1-15-26(9-10-26)20-11-17(7-8-18(20)24(34)36-15)29-25-27-12-19(23-32-28-14-35-23)22(31-25)30-21(13-33)16-5-3-2-4-6-16/h2-8,11-12,14-15,21,33H,9-10,13H2,1H3,(H2,27,29,30,31)/t15?,21-/m1/s1. The average molecular weight is 485 g/mol. The van der Waals surface area contributed by atoms with Gasteiger partial charge in [0, 0.05) is 17.3 Å². The molecule has 10 heteroatoms. The van der Waals surface area contributed by atoms with Crippen LogP contribution in [-0.2, 0) is 10.2 Å². The Bertz CT molecular complexity index is 1410. The summed E-state index contributed by atoms with van der Waals surface area (Å²) in [6.07, 6.45) is 4.65. The molecule has 10 nitrogen and oxygen atoms in total. The van der Waals surface area contributed by atoms with Crippen LogP contribution in [0.1, 0.15) is 47.3 Å². The van der Waals surface area contributed by atoms with Gasteiger partial charge in [0.25, 0.3) is 5.89 Å². The number of nitrogens with zero attached hydrogens (tertiary/aromatic N) is 4. The lowest BCUT2D eigenvalue weighted by Crippen LogP contribution is -2.35. The smallest absolute Gasteiger partial charge is 0.338 e. The van der Waals surface area contributed by atoms with Crippen LogP contribution in [0.3, 0.4) is 0 Å². The van der Waals surface area contributed by atoms with Gasteiger partial charge in [-0.25, -0.2) is 9.78 Å². The summed E-state index contributed by atoms with van der Waals surface area (Å²) in [6.45, 7) is 1.80. The van der Waals surface area contributed by atoms with Crippen molar-refractivity contribution in [2.24, 2.45) is 0 Å². The van der Waals surface area contributed by atoms with Crippen molar-refractivity contribution in [1.29, 1.82) is 0 Å². The van der Waals surface area contributed by atoms with Crippen molar-refractivity contribution < 1.29 is 19.1 Å². The lowest BCUT2D eigenvalue weighted by atomic mass is 9.84. The third-order valence-electron chi connectivity index (χ3n) is 6.96. The fraction of sp³-hybridized carbons (Fsp3) is 0.269. The van der Waals surface area contributed by atoms with Gasteiger partial charge in [0.05, 0.1) is 23.8 Å². The Kier molecular flexibility index (Phi) is 5.37. The number of carbonyl (C=O) groups is 1. The third-order valence-corrected chi connectivity index (χ3v) is 6.96. The van der Waals surface area contributed by atoms with Gasteiger partial charge in [0.1, 0.15) is 11.9 Å². The molecule has 2 aliphatic rings. The molecule has 2 aromatic carbocycles. The number of carbonyl (C=O) groups excluding carboxylic acids is 1. The van der Waals surface area contributed by atoms with Crippen LogP contribution in [0.5, 0.6) is 0 Å². The van der Waals surface area contributed by atoms with Gasteiger partial charge in [0.15, 0.2) is 0 Å².